The number of aromatic nitrogens is 2. The molecule has 1 unspecified atom stereocenters. The third kappa shape index (κ3) is 2.98. The summed E-state index contributed by atoms with van der Waals surface area (Å²) in [7, 11) is 0. The molecular formula is C16H26N4O. The van der Waals surface area contributed by atoms with Gasteiger partial charge >= 0.3 is 0 Å². The van der Waals surface area contributed by atoms with Crippen molar-refractivity contribution in [3.05, 3.63) is 17.5 Å². The van der Waals surface area contributed by atoms with E-state index in [2.05, 4.69) is 22.7 Å². The second-order valence-electron chi connectivity index (χ2n) is 6.35. The van der Waals surface area contributed by atoms with Gasteiger partial charge in [0.2, 0.25) is 0 Å². The molecule has 1 aromatic rings. The van der Waals surface area contributed by atoms with Crippen molar-refractivity contribution in [1.29, 1.82) is 0 Å². The van der Waals surface area contributed by atoms with Crippen molar-refractivity contribution in [2.45, 2.75) is 52.1 Å². The molecule has 1 saturated heterocycles. The van der Waals surface area contributed by atoms with Gasteiger partial charge in [0.25, 0.3) is 5.91 Å². The lowest BCUT2D eigenvalue weighted by Gasteiger charge is -2.31. The van der Waals surface area contributed by atoms with Gasteiger partial charge < -0.3 is 10.6 Å². The van der Waals surface area contributed by atoms with Crippen LogP contribution in [0.3, 0.4) is 0 Å². The summed E-state index contributed by atoms with van der Waals surface area (Å²) in [5, 5.41) is 11.2. The molecule has 3 atom stereocenters. The van der Waals surface area contributed by atoms with Gasteiger partial charge in [-0.1, -0.05) is 6.92 Å². The van der Waals surface area contributed by atoms with Crippen LogP contribution in [0.15, 0.2) is 6.07 Å². The van der Waals surface area contributed by atoms with Crippen LogP contribution in [-0.4, -0.2) is 34.8 Å². The Morgan fingerprint density at radius 1 is 1.38 bits per heavy atom. The van der Waals surface area contributed by atoms with E-state index in [1.165, 1.54) is 6.42 Å². The fourth-order valence-corrected chi connectivity index (χ4v) is 3.76. The molecular weight excluding hydrogens is 264 g/mol. The molecule has 116 valence electrons. The molecule has 2 N–H and O–H groups in total. The monoisotopic (exact) mass is 290 g/mol. The Labute approximate surface area is 126 Å². The van der Waals surface area contributed by atoms with Gasteiger partial charge in [-0.2, -0.15) is 5.10 Å². The van der Waals surface area contributed by atoms with Gasteiger partial charge in [-0.15, -0.1) is 0 Å². The number of nitrogens with zero attached hydrogens (tertiary/aromatic N) is 2. The van der Waals surface area contributed by atoms with Crippen LogP contribution in [0.5, 0.6) is 0 Å². The van der Waals surface area contributed by atoms with Crippen molar-refractivity contribution in [3.63, 3.8) is 0 Å². The zero-order valence-corrected chi connectivity index (χ0v) is 13.1. The molecule has 5 nitrogen and oxygen atoms in total. The molecule has 0 bridgehead atoms. The quantitative estimate of drug-likeness (QED) is 0.885. The highest BCUT2D eigenvalue weighted by Crippen LogP contribution is 2.32. The molecule has 2 aliphatic rings. The minimum absolute atomic E-state index is 0.0402. The van der Waals surface area contributed by atoms with Crippen molar-refractivity contribution < 1.29 is 4.79 Å². The molecule has 0 radical (unpaired) electrons. The average molecular weight is 290 g/mol. The van der Waals surface area contributed by atoms with E-state index in [1.807, 2.05) is 17.7 Å². The number of carbonyl (C=O) groups is 1. The van der Waals surface area contributed by atoms with Crippen LogP contribution in [0, 0.1) is 11.8 Å². The summed E-state index contributed by atoms with van der Waals surface area (Å²) < 4.78 is 1.82. The van der Waals surface area contributed by atoms with Gasteiger partial charge in [0.05, 0.1) is 5.69 Å². The first-order valence-electron chi connectivity index (χ1n) is 8.29. The lowest BCUT2D eigenvalue weighted by molar-refractivity contribution is 0.0903. The summed E-state index contributed by atoms with van der Waals surface area (Å²) in [5.41, 5.74) is 1.70. The number of amides is 1. The average Bonchev–Trinajstić information content (AvgIpc) is 3.12. The number of carbonyl (C=O) groups excluding carboxylic acids is 1. The lowest BCUT2D eigenvalue weighted by atomic mass is 9.79. The van der Waals surface area contributed by atoms with Gasteiger partial charge in [-0.25, -0.2) is 0 Å². The van der Waals surface area contributed by atoms with E-state index in [0.717, 1.165) is 56.4 Å². The maximum absolute atomic E-state index is 12.5. The summed E-state index contributed by atoms with van der Waals surface area (Å²) in [6, 6.07) is 2.26. The predicted molar refractivity (Wildman–Crippen MR) is 82.2 cm³/mol. The van der Waals surface area contributed by atoms with Crippen LogP contribution >= 0.6 is 0 Å². The Morgan fingerprint density at radius 3 is 2.95 bits per heavy atom. The van der Waals surface area contributed by atoms with Crippen molar-refractivity contribution in [2.24, 2.45) is 11.8 Å². The Kier molecular flexibility index (Phi) is 4.29. The first kappa shape index (κ1) is 14.6. The highest BCUT2D eigenvalue weighted by Gasteiger charge is 2.34. The summed E-state index contributed by atoms with van der Waals surface area (Å²) in [6.07, 6.45) is 4.32. The smallest absolute Gasteiger partial charge is 0.269 e. The molecule has 2 heterocycles. The van der Waals surface area contributed by atoms with Crippen molar-refractivity contribution in [3.8, 4) is 0 Å². The summed E-state index contributed by atoms with van der Waals surface area (Å²) in [5.74, 6) is 1.61. The van der Waals surface area contributed by atoms with Gasteiger partial charge in [0.15, 0.2) is 0 Å². The van der Waals surface area contributed by atoms with E-state index in [9.17, 15) is 4.79 Å². The molecule has 1 amide bonds. The SMILES string of the molecule is CCc1cc(C(=O)NC2CC[C@H]3CNC[C@H]3C2)n(CC)n1. The first-order chi connectivity index (χ1) is 10.2. The Bertz CT molecular complexity index is 510. The number of fused-ring (bicyclic) bond motifs is 1. The maximum atomic E-state index is 12.5. The standard InChI is InChI=1S/C16H26N4O/c1-3-13-8-15(20(4-2)19-13)16(21)18-14-6-5-11-9-17-10-12(11)7-14/h8,11-12,14,17H,3-7,9-10H2,1-2H3,(H,18,21)/t11-,12+,14?/m0/s1. The molecule has 21 heavy (non-hydrogen) atoms. The molecule has 1 saturated carbocycles. The molecule has 0 spiro atoms. The Morgan fingerprint density at radius 2 is 2.19 bits per heavy atom. The fraction of sp³-hybridized carbons (Fsp3) is 0.750. The minimum atomic E-state index is 0.0402. The predicted octanol–water partition coefficient (Wildman–Crippen LogP) is 1.58. The highest BCUT2D eigenvalue weighted by molar-refractivity contribution is 5.92. The normalized spacial score (nSPS) is 28.4. The second-order valence-corrected chi connectivity index (χ2v) is 6.35. The van der Waals surface area contributed by atoms with Crippen LogP contribution in [0.25, 0.3) is 0 Å². The number of rotatable bonds is 4. The molecule has 1 aliphatic carbocycles. The number of hydrogen-bond acceptors (Lipinski definition) is 3. The Hall–Kier alpha value is -1.36. The topological polar surface area (TPSA) is 59.0 Å². The van der Waals surface area contributed by atoms with Crippen LogP contribution < -0.4 is 10.6 Å². The van der Waals surface area contributed by atoms with Crippen molar-refractivity contribution >= 4 is 5.91 Å². The van der Waals surface area contributed by atoms with Crippen molar-refractivity contribution in [1.82, 2.24) is 20.4 Å². The zero-order chi connectivity index (χ0) is 14.8. The highest BCUT2D eigenvalue weighted by atomic mass is 16.2. The van der Waals surface area contributed by atoms with E-state index in [4.69, 9.17) is 0 Å². The van der Waals surface area contributed by atoms with Crippen molar-refractivity contribution in [2.75, 3.05) is 13.1 Å². The third-order valence-corrected chi connectivity index (χ3v) is 5.01. The molecule has 5 heteroatoms. The zero-order valence-electron chi connectivity index (χ0n) is 13.1. The van der Waals surface area contributed by atoms with Crippen LogP contribution in [0.4, 0.5) is 0 Å². The third-order valence-electron chi connectivity index (χ3n) is 5.01. The summed E-state index contributed by atoms with van der Waals surface area (Å²) >= 11 is 0. The van der Waals surface area contributed by atoms with Gasteiger partial charge in [-0.05, 0) is 63.6 Å². The summed E-state index contributed by atoms with van der Waals surface area (Å²) in [6.45, 7) is 7.11. The van der Waals surface area contributed by atoms with E-state index < -0.39 is 0 Å². The first-order valence-corrected chi connectivity index (χ1v) is 8.29. The Balaban J connectivity index is 1.64. The molecule has 3 rings (SSSR count). The molecule has 1 aliphatic heterocycles. The van der Waals surface area contributed by atoms with Crippen LogP contribution in [0.1, 0.15) is 49.3 Å². The number of hydrogen-bond donors (Lipinski definition) is 2. The maximum Gasteiger partial charge on any atom is 0.269 e. The van der Waals surface area contributed by atoms with Gasteiger partial charge in [0, 0.05) is 12.6 Å². The largest absolute Gasteiger partial charge is 0.348 e. The van der Waals surface area contributed by atoms with Gasteiger partial charge in [0.1, 0.15) is 5.69 Å². The number of nitrogens with one attached hydrogen (secondary N) is 2. The second kappa shape index (κ2) is 6.18. The fourth-order valence-electron chi connectivity index (χ4n) is 3.76. The molecule has 1 aromatic heterocycles. The van der Waals surface area contributed by atoms with Gasteiger partial charge in [-0.3, -0.25) is 9.48 Å². The molecule has 0 aromatic carbocycles. The van der Waals surface area contributed by atoms with E-state index in [1.54, 1.807) is 0 Å². The van der Waals surface area contributed by atoms with E-state index in [0.29, 0.717) is 11.7 Å². The van der Waals surface area contributed by atoms with Crippen LogP contribution in [-0.2, 0) is 13.0 Å². The minimum Gasteiger partial charge on any atom is -0.348 e. The van der Waals surface area contributed by atoms with E-state index in [-0.39, 0.29) is 5.91 Å². The van der Waals surface area contributed by atoms with Crippen LogP contribution in [0.2, 0.25) is 0 Å². The summed E-state index contributed by atoms with van der Waals surface area (Å²) in [4.78, 5) is 12.5. The number of aryl methyl sites for hydroxylation is 2. The van der Waals surface area contributed by atoms with E-state index >= 15 is 0 Å². The lowest BCUT2D eigenvalue weighted by Crippen LogP contribution is -2.41. The molecule has 2 fully saturated rings.